The topological polar surface area (TPSA) is 27.0 Å². The van der Waals surface area contributed by atoms with Gasteiger partial charge in [0.1, 0.15) is 6.07 Å². The van der Waals surface area contributed by atoms with E-state index < -0.39 is 0 Å². The fourth-order valence-corrected chi connectivity index (χ4v) is 3.70. The van der Waals surface area contributed by atoms with Crippen LogP contribution in [0.3, 0.4) is 0 Å². The van der Waals surface area contributed by atoms with E-state index in [0.717, 1.165) is 29.3 Å². The van der Waals surface area contributed by atoms with Gasteiger partial charge in [-0.25, -0.2) is 0 Å². The van der Waals surface area contributed by atoms with Crippen molar-refractivity contribution < 1.29 is 0 Å². The summed E-state index contributed by atoms with van der Waals surface area (Å²) in [4.78, 5) is 2.28. The van der Waals surface area contributed by atoms with Gasteiger partial charge in [0.2, 0.25) is 0 Å². The Bertz CT molecular complexity index is 1050. The first-order valence-electron chi connectivity index (χ1n) is 8.88. The molecule has 0 amide bonds. The third kappa shape index (κ3) is 2.78. The predicted octanol–water partition coefficient (Wildman–Crippen LogP) is 5.54. The SMILES string of the molecule is CN(CCc1c2ccccc2c(C#N)c2ccccc12)c1ccccc1. The van der Waals surface area contributed by atoms with Gasteiger partial charge in [0.05, 0.1) is 5.56 Å². The van der Waals surface area contributed by atoms with Gasteiger partial charge in [-0.2, -0.15) is 5.26 Å². The second-order valence-electron chi connectivity index (χ2n) is 6.56. The highest BCUT2D eigenvalue weighted by Crippen LogP contribution is 2.33. The van der Waals surface area contributed by atoms with E-state index in [1.54, 1.807) is 0 Å². The van der Waals surface area contributed by atoms with Gasteiger partial charge in [-0.05, 0) is 34.9 Å². The number of hydrogen-bond donors (Lipinski definition) is 0. The number of benzene rings is 4. The smallest absolute Gasteiger partial charge is 0.100 e. The molecule has 0 saturated heterocycles. The molecule has 0 heterocycles. The second-order valence-corrected chi connectivity index (χ2v) is 6.56. The third-order valence-electron chi connectivity index (χ3n) is 5.05. The maximum Gasteiger partial charge on any atom is 0.100 e. The predicted molar refractivity (Wildman–Crippen MR) is 110 cm³/mol. The van der Waals surface area contributed by atoms with Gasteiger partial charge in [-0.15, -0.1) is 0 Å². The van der Waals surface area contributed by atoms with Crippen molar-refractivity contribution in [1.82, 2.24) is 0 Å². The molecule has 0 spiro atoms. The van der Waals surface area contributed by atoms with E-state index in [0.29, 0.717) is 0 Å². The average molecular weight is 336 g/mol. The number of fused-ring (bicyclic) bond motifs is 2. The molecule has 0 aromatic heterocycles. The van der Waals surface area contributed by atoms with Crippen LogP contribution in [0.2, 0.25) is 0 Å². The van der Waals surface area contributed by atoms with Gasteiger partial charge in [0, 0.05) is 30.1 Å². The van der Waals surface area contributed by atoms with Crippen LogP contribution in [0.5, 0.6) is 0 Å². The number of nitriles is 1. The standard InChI is InChI=1S/C24H20N2/c1-26(18-9-3-2-4-10-18)16-15-23-19-11-5-7-13-21(19)24(17-25)22-14-8-6-12-20(22)23/h2-14H,15-16H2,1H3. The summed E-state index contributed by atoms with van der Waals surface area (Å²) in [6.45, 7) is 0.921. The van der Waals surface area contributed by atoms with Crippen LogP contribution in [0, 0.1) is 11.3 Å². The van der Waals surface area contributed by atoms with Crippen molar-refractivity contribution in [2.45, 2.75) is 6.42 Å². The summed E-state index contributed by atoms with van der Waals surface area (Å²) in [5.41, 5.74) is 3.31. The zero-order chi connectivity index (χ0) is 17.9. The first-order chi connectivity index (χ1) is 12.8. The number of anilines is 1. The van der Waals surface area contributed by atoms with Gasteiger partial charge in [0.25, 0.3) is 0 Å². The lowest BCUT2D eigenvalue weighted by molar-refractivity contribution is 0.885. The highest BCUT2D eigenvalue weighted by atomic mass is 15.1. The van der Waals surface area contributed by atoms with Crippen LogP contribution in [-0.4, -0.2) is 13.6 Å². The molecule has 0 saturated carbocycles. The quantitative estimate of drug-likeness (QED) is 0.457. The normalized spacial score (nSPS) is 10.8. The fraction of sp³-hybridized carbons (Fsp3) is 0.125. The summed E-state index contributed by atoms with van der Waals surface area (Å²) in [5.74, 6) is 0. The molecule has 0 aliphatic heterocycles. The summed E-state index contributed by atoms with van der Waals surface area (Å²) in [6, 6.07) is 29.4. The molecular formula is C24H20N2. The zero-order valence-corrected chi connectivity index (χ0v) is 14.8. The van der Waals surface area contributed by atoms with Crippen LogP contribution in [0.15, 0.2) is 78.9 Å². The molecule has 2 nitrogen and oxygen atoms in total. The highest BCUT2D eigenvalue weighted by Gasteiger charge is 2.13. The Morgan fingerprint density at radius 1 is 0.731 bits per heavy atom. The Balaban J connectivity index is 1.82. The van der Waals surface area contributed by atoms with E-state index in [4.69, 9.17) is 0 Å². The lowest BCUT2D eigenvalue weighted by Crippen LogP contribution is -2.20. The minimum Gasteiger partial charge on any atom is -0.374 e. The van der Waals surface area contributed by atoms with Crippen LogP contribution >= 0.6 is 0 Å². The Labute approximate surface area is 153 Å². The largest absolute Gasteiger partial charge is 0.374 e. The molecule has 126 valence electrons. The lowest BCUT2D eigenvalue weighted by atomic mass is 9.91. The molecular weight excluding hydrogens is 316 g/mol. The van der Waals surface area contributed by atoms with Crippen molar-refractivity contribution >= 4 is 27.2 Å². The average Bonchev–Trinajstić information content (AvgIpc) is 2.71. The third-order valence-corrected chi connectivity index (χ3v) is 5.05. The van der Waals surface area contributed by atoms with E-state index in [1.807, 2.05) is 18.2 Å². The molecule has 0 N–H and O–H groups in total. The van der Waals surface area contributed by atoms with Crippen molar-refractivity contribution in [2.75, 3.05) is 18.5 Å². The van der Waals surface area contributed by atoms with Crippen LogP contribution in [0.1, 0.15) is 11.1 Å². The summed E-state index contributed by atoms with van der Waals surface area (Å²) in [5, 5.41) is 14.2. The molecule has 0 atom stereocenters. The van der Waals surface area contributed by atoms with E-state index >= 15 is 0 Å². The van der Waals surface area contributed by atoms with E-state index in [2.05, 4.69) is 78.7 Å². The summed E-state index contributed by atoms with van der Waals surface area (Å²) in [7, 11) is 2.13. The van der Waals surface area contributed by atoms with E-state index in [9.17, 15) is 5.26 Å². The van der Waals surface area contributed by atoms with Crippen LogP contribution in [0.4, 0.5) is 5.69 Å². The van der Waals surface area contributed by atoms with Gasteiger partial charge < -0.3 is 4.90 Å². The number of para-hydroxylation sites is 1. The minimum absolute atomic E-state index is 0.774. The molecule has 4 aromatic carbocycles. The van der Waals surface area contributed by atoms with Crippen molar-refractivity contribution in [3.05, 3.63) is 90.0 Å². The van der Waals surface area contributed by atoms with E-state index in [-0.39, 0.29) is 0 Å². The molecule has 0 aliphatic rings. The van der Waals surface area contributed by atoms with Gasteiger partial charge >= 0.3 is 0 Å². The van der Waals surface area contributed by atoms with Gasteiger partial charge in [0.15, 0.2) is 0 Å². The maximum absolute atomic E-state index is 9.73. The summed E-state index contributed by atoms with van der Waals surface area (Å²) >= 11 is 0. The summed E-state index contributed by atoms with van der Waals surface area (Å²) < 4.78 is 0. The number of likely N-dealkylation sites (N-methyl/N-ethyl adjacent to an activating group) is 1. The monoisotopic (exact) mass is 336 g/mol. The molecule has 0 fully saturated rings. The van der Waals surface area contributed by atoms with Crippen LogP contribution in [-0.2, 0) is 6.42 Å². The molecule has 0 radical (unpaired) electrons. The molecule has 4 aromatic rings. The maximum atomic E-state index is 9.73. The Kier molecular flexibility index (Phi) is 4.29. The van der Waals surface area contributed by atoms with Crippen molar-refractivity contribution in [3.63, 3.8) is 0 Å². The molecule has 2 heteroatoms. The first-order valence-corrected chi connectivity index (χ1v) is 8.88. The molecule has 0 bridgehead atoms. The summed E-state index contributed by atoms with van der Waals surface area (Å²) in [6.07, 6.45) is 0.929. The minimum atomic E-state index is 0.774. The van der Waals surface area contributed by atoms with Crippen molar-refractivity contribution in [2.24, 2.45) is 0 Å². The zero-order valence-electron chi connectivity index (χ0n) is 14.8. The van der Waals surface area contributed by atoms with Crippen LogP contribution in [0.25, 0.3) is 21.5 Å². The van der Waals surface area contributed by atoms with Crippen molar-refractivity contribution in [3.8, 4) is 6.07 Å². The van der Waals surface area contributed by atoms with Crippen LogP contribution < -0.4 is 4.90 Å². The Hall–Kier alpha value is -3.31. The number of rotatable bonds is 4. The Morgan fingerprint density at radius 2 is 1.23 bits per heavy atom. The molecule has 0 unspecified atom stereocenters. The fourth-order valence-electron chi connectivity index (χ4n) is 3.70. The van der Waals surface area contributed by atoms with Crippen molar-refractivity contribution in [1.29, 1.82) is 5.26 Å². The molecule has 0 aliphatic carbocycles. The second kappa shape index (κ2) is 6.90. The highest BCUT2D eigenvalue weighted by molar-refractivity contribution is 6.07. The van der Waals surface area contributed by atoms with Gasteiger partial charge in [-0.1, -0.05) is 66.7 Å². The number of nitrogens with zero attached hydrogens (tertiary/aromatic N) is 2. The Morgan fingerprint density at radius 3 is 1.77 bits per heavy atom. The first kappa shape index (κ1) is 16.2. The number of hydrogen-bond acceptors (Lipinski definition) is 2. The lowest BCUT2D eigenvalue weighted by Gasteiger charge is -2.21. The van der Waals surface area contributed by atoms with E-state index in [1.165, 1.54) is 22.0 Å². The molecule has 26 heavy (non-hydrogen) atoms. The molecule has 4 rings (SSSR count). The van der Waals surface area contributed by atoms with Gasteiger partial charge in [-0.3, -0.25) is 0 Å².